The number of aliphatic hydroxyl groups is 1. The van der Waals surface area contributed by atoms with Gasteiger partial charge in [0.1, 0.15) is 5.60 Å². The molecule has 0 saturated heterocycles. The molecule has 38 heavy (non-hydrogen) atoms. The molecule has 0 bridgehead atoms. The third-order valence-corrected chi connectivity index (χ3v) is 9.90. The second-order valence-electron chi connectivity index (χ2n) is 13.4. The number of carbonyl (C=O) groups is 1. The number of hydrogen-bond acceptors (Lipinski definition) is 4. The Bertz CT molecular complexity index is 1210. The second kappa shape index (κ2) is 10.00. The molecule has 2 fully saturated rings. The SMILES string of the molecule is COCCN(C)c1ccc([C@H]2C[C@@]3(C)C(CC[C@@]3(O)C#CC(C)(C)C)[C@@H]3CCC4=CC(=O)CCC4=C32)cc1. The Hall–Kier alpha value is -2.35. The Labute approximate surface area is 229 Å². The van der Waals surface area contributed by atoms with Crippen LogP contribution in [0.4, 0.5) is 5.69 Å². The minimum Gasteiger partial charge on any atom is -0.383 e. The van der Waals surface area contributed by atoms with E-state index >= 15 is 0 Å². The lowest BCUT2D eigenvalue weighted by Gasteiger charge is -2.53. The predicted molar refractivity (Wildman–Crippen MR) is 154 cm³/mol. The summed E-state index contributed by atoms with van der Waals surface area (Å²) in [7, 11) is 3.84. The third-order valence-electron chi connectivity index (χ3n) is 9.90. The molecule has 1 aromatic carbocycles. The van der Waals surface area contributed by atoms with Crippen LogP contribution in [-0.4, -0.2) is 43.8 Å². The summed E-state index contributed by atoms with van der Waals surface area (Å²) in [6, 6.07) is 9.03. The Morgan fingerprint density at radius 2 is 1.87 bits per heavy atom. The largest absolute Gasteiger partial charge is 0.383 e. The highest BCUT2D eigenvalue weighted by Crippen LogP contribution is 2.66. The Morgan fingerprint density at radius 1 is 1.13 bits per heavy atom. The van der Waals surface area contributed by atoms with Gasteiger partial charge >= 0.3 is 0 Å². The zero-order valence-electron chi connectivity index (χ0n) is 24.2. The summed E-state index contributed by atoms with van der Waals surface area (Å²) in [6.07, 6.45) is 8.10. The number of rotatable bonds is 5. The summed E-state index contributed by atoms with van der Waals surface area (Å²) in [5, 5.41) is 12.2. The van der Waals surface area contributed by atoms with Crippen molar-refractivity contribution in [3.05, 3.63) is 52.6 Å². The van der Waals surface area contributed by atoms with Crippen LogP contribution < -0.4 is 4.90 Å². The van der Waals surface area contributed by atoms with Gasteiger partial charge in [-0.05, 0) is 106 Å². The quantitative estimate of drug-likeness (QED) is 0.458. The molecule has 0 radical (unpaired) electrons. The first-order valence-corrected chi connectivity index (χ1v) is 14.5. The molecule has 4 nitrogen and oxygen atoms in total. The fourth-order valence-corrected chi connectivity index (χ4v) is 7.78. The van der Waals surface area contributed by atoms with E-state index in [1.165, 1.54) is 22.4 Å². The summed E-state index contributed by atoms with van der Waals surface area (Å²) in [5.74, 6) is 8.19. The number of hydrogen-bond donors (Lipinski definition) is 1. The first kappa shape index (κ1) is 27.2. The standard InChI is InChI=1S/C34H45NO3/c1-32(2,3)17-18-34(37)16-15-30-28-13-9-24-21-26(36)12-14-27(24)31(28)29(22-33(30,34)4)23-7-10-25(11-8-23)35(5)19-20-38-6/h7-8,10-11,21,28-30,37H,9,12-16,19-20,22H2,1-6H3/t28-,29+,30?,33-,34+/m0/s1. The highest BCUT2D eigenvalue weighted by atomic mass is 16.5. The first-order chi connectivity index (χ1) is 18.0. The number of carbonyl (C=O) groups excluding carboxylic acids is 1. The Kier molecular flexibility index (Phi) is 7.16. The minimum absolute atomic E-state index is 0.144. The van der Waals surface area contributed by atoms with Gasteiger partial charge in [-0.2, -0.15) is 0 Å². The number of ether oxygens (including phenoxy) is 1. The molecule has 0 amide bonds. The third kappa shape index (κ3) is 4.78. The topological polar surface area (TPSA) is 49.8 Å². The Morgan fingerprint density at radius 3 is 2.55 bits per heavy atom. The maximum atomic E-state index is 12.3. The molecule has 0 heterocycles. The molecule has 4 aliphatic rings. The summed E-state index contributed by atoms with van der Waals surface area (Å²) in [6.45, 7) is 10.2. The number of ketones is 1. The summed E-state index contributed by atoms with van der Waals surface area (Å²) < 4.78 is 5.27. The highest BCUT2D eigenvalue weighted by molar-refractivity contribution is 5.93. The van der Waals surface area contributed by atoms with Gasteiger partial charge in [0.25, 0.3) is 0 Å². The van der Waals surface area contributed by atoms with Gasteiger partial charge in [-0.3, -0.25) is 4.79 Å². The van der Waals surface area contributed by atoms with E-state index in [0.29, 0.717) is 24.9 Å². The molecule has 5 atom stereocenters. The molecule has 5 rings (SSSR count). The predicted octanol–water partition coefficient (Wildman–Crippen LogP) is 6.45. The van der Waals surface area contributed by atoms with Gasteiger partial charge in [0.15, 0.2) is 5.78 Å². The van der Waals surface area contributed by atoms with Crippen LogP contribution in [0.1, 0.15) is 84.1 Å². The number of benzene rings is 1. The average molecular weight is 516 g/mol. The van der Waals surface area contributed by atoms with Crippen molar-refractivity contribution in [2.24, 2.45) is 22.7 Å². The van der Waals surface area contributed by atoms with Gasteiger partial charge in [-0.1, -0.05) is 36.5 Å². The van der Waals surface area contributed by atoms with Crippen molar-refractivity contribution in [1.29, 1.82) is 0 Å². The van der Waals surface area contributed by atoms with Crippen molar-refractivity contribution >= 4 is 11.5 Å². The maximum Gasteiger partial charge on any atom is 0.156 e. The van der Waals surface area contributed by atoms with E-state index in [1.54, 1.807) is 12.7 Å². The molecular formula is C34H45NO3. The van der Waals surface area contributed by atoms with Gasteiger partial charge in [0.05, 0.1) is 6.61 Å². The smallest absolute Gasteiger partial charge is 0.156 e. The van der Waals surface area contributed by atoms with Crippen LogP contribution in [0, 0.1) is 34.5 Å². The van der Waals surface area contributed by atoms with Gasteiger partial charge in [-0.15, -0.1) is 0 Å². The lowest BCUT2D eigenvalue weighted by atomic mass is 9.51. The summed E-state index contributed by atoms with van der Waals surface area (Å²) in [5.41, 5.74) is 5.39. The van der Waals surface area contributed by atoms with Crippen LogP contribution >= 0.6 is 0 Å². The molecule has 204 valence electrons. The van der Waals surface area contributed by atoms with Gasteiger partial charge < -0.3 is 14.7 Å². The van der Waals surface area contributed by atoms with Crippen LogP contribution in [0.5, 0.6) is 0 Å². The van der Waals surface area contributed by atoms with E-state index in [4.69, 9.17) is 4.74 Å². The molecule has 0 aliphatic heterocycles. The van der Waals surface area contributed by atoms with E-state index in [1.807, 2.05) is 6.08 Å². The summed E-state index contributed by atoms with van der Waals surface area (Å²) in [4.78, 5) is 14.5. The molecule has 2 saturated carbocycles. The second-order valence-corrected chi connectivity index (χ2v) is 13.4. The lowest BCUT2D eigenvalue weighted by Crippen LogP contribution is -2.51. The fourth-order valence-electron chi connectivity index (χ4n) is 7.78. The monoisotopic (exact) mass is 515 g/mol. The number of methoxy groups -OCH3 is 1. The fraction of sp³-hybridized carbons (Fsp3) is 0.618. The molecule has 4 aliphatic carbocycles. The van der Waals surface area contributed by atoms with Crippen molar-refractivity contribution in [3.63, 3.8) is 0 Å². The number of likely N-dealkylation sites (N-methyl/N-ethyl adjacent to an activating group) is 1. The number of nitrogens with zero attached hydrogens (tertiary/aromatic N) is 1. The van der Waals surface area contributed by atoms with E-state index in [0.717, 1.165) is 45.1 Å². The molecule has 0 aromatic heterocycles. The van der Waals surface area contributed by atoms with Gasteiger partial charge in [-0.25, -0.2) is 0 Å². The maximum absolute atomic E-state index is 12.3. The Balaban J connectivity index is 1.59. The van der Waals surface area contributed by atoms with Crippen molar-refractivity contribution in [1.82, 2.24) is 0 Å². The van der Waals surface area contributed by atoms with Gasteiger partial charge in [0.2, 0.25) is 0 Å². The summed E-state index contributed by atoms with van der Waals surface area (Å²) >= 11 is 0. The van der Waals surface area contributed by atoms with Crippen molar-refractivity contribution in [2.75, 3.05) is 32.2 Å². The number of fused-ring (bicyclic) bond motifs is 4. The molecule has 0 spiro atoms. The van der Waals surface area contributed by atoms with Crippen LogP contribution in [0.3, 0.4) is 0 Å². The molecule has 1 N–H and O–H groups in total. The zero-order valence-corrected chi connectivity index (χ0v) is 24.2. The highest BCUT2D eigenvalue weighted by Gasteiger charge is 2.62. The average Bonchev–Trinajstić information content (AvgIpc) is 3.15. The first-order valence-electron chi connectivity index (χ1n) is 14.5. The van der Waals surface area contributed by atoms with E-state index in [-0.39, 0.29) is 22.5 Å². The van der Waals surface area contributed by atoms with E-state index < -0.39 is 5.60 Å². The molecule has 1 aromatic rings. The number of anilines is 1. The van der Waals surface area contributed by atoms with E-state index in [9.17, 15) is 9.90 Å². The van der Waals surface area contributed by atoms with Gasteiger partial charge in [0, 0.05) is 49.6 Å². The van der Waals surface area contributed by atoms with Crippen LogP contribution in [0.25, 0.3) is 0 Å². The minimum atomic E-state index is -0.974. The van der Waals surface area contributed by atoms with Crippen LogP contribution in [-0.2, 0) is 9.53 Å². The zero-order chi connectivity index (χ0) is 27.3. The van der Waals surface area contributed by atoms with Crippen LogP contribution in [0.2, 0.25) is 0 Å². The molecular weight excluding hydrogens is 470 g/mol. The van der Waals surface area contributed by atoms with Crippen molar-refractivity contribution in [2.45, 2.75) is 84.2 Å². The van der Waals surface area contributed by atoms with Crippen molar-refractivity contribution in [3.8, 4) is 11.8 Å². The van der Waals surface area contributed by atoms with E-state index in [2.05, 4.69) is 75.7 Å². The van der Waals surface area contributed by atoms with Crippen molar-refractivity contribution < 1.29 is 14.6 Å². The lowest BCUT2D eigenvalue weighted by molar-refractivity contribution is -0.114. The number of allylic oxidation sites excluding steroid dienone is 4. The molecule has 1 unspecified atom stereocenters. The molecule has 4 heteroatoms. The normalized spacial score (nSPS) is 32.6. The van der Waals surface area contributed by atoms with Crippen LogP contribution in [0.15, 0.2) is 47.1 Å².